The second-order valence-electron chi connectivity index (χ2n) is 5.12. The molecule has 24 heavy (non-hydrogen) atoms. The molecule has 0 aliphatic carbocycles. The van der Waals surface area contributed by atoms with Gasteiger partial charge >= 0.3 is 6.09 Å². The highest BCUT2D eigenvalue weighted by molar-refractivity contribution is 6.30. The fourth-order valence-corrected chi connectivity index (χ4v) is 2.60. The summed E-state index contributed by atoms with van der Waals surface area (Å²) in [6, 6.07) is 16.0. The Morgan fingerprint density at radius 2 is 1.62 bits per heavy atom. The molecule has 0 bridgehead atoms. The Labute approximate surface area is 146 Å². The fraction of sp³-hybridized carbons (Fsp3) is 0.278. The van der Waals surface area contributed by atoms with Crippen LogP contribution in [-0.4, -0.2) is 26.4 Å². The highest BCUT2D eigenvalue weighted by atomic mass is 35.5. The Kier molecular flexibility index (Phi) is 6.20. The van der Waals surface area contributed by atoms with Crippen LogP contribution in [0.15, 0.2) is 54.6 Å². The van der Waals surface area contributed by atoms with E-state index in [2.05, 4.69) is 5.32 Å². The largest absolute Gasteiger partial charge is 0.440 e. The molecule has 0 aliphatic rings. The molecule has 0 saturated carbocycles. The SMILES string of the molecule is COC(OC)(c1ccccc1)C(C)OC(=O)Nc1ccc(Cl)cc1. The van der Waals surface area contributed by atoms with Crippen LogP contribution in [0.1, 0.15) is 12.5 Å². The zero-order valence-electron chi connectivity index (χ0n) is 13.8. The van der Waals surface area contributed by atoms with Gasteiger partial charge in [0.1, 0.15) is 0 Å². The number of ether oxygens (including phenoxy) is 3. The quantitative estimate of drug-likeness (QED) is 0.784. The van der Waals surface area contributed by atoms with Gasteiger partial charge in [0.15, 0.2) is 6.10 Å². The first-order valence-corrected chi connectivity index (χ1v) is 7.78. The third kappa shape index (κ3) is 4.06. The lowest BCUT2D eigenvalue weighted by Gasteiger charge is -2.35. The molecule has 0 fully saturated rings. The Balaban J connectivity index is 2.11. The molecule has 0 aromatic heterocycles. The van der Waals surface area contributed by atoms with Gasteiger partial charge in [0.05, 0.1) is 0 Å². The first-order valence-electron chi connectivity index (χ1n) is 7.41. The number of amides is 1. The second kappa shape index (κ2) is 8.15. The van der Waals surface area contributed by atoms with Crippen molar-refractivity contribution in [1.29, 1.82) is 0 Å². The van der Waals surface area contributed by atoms with Gasteiger partial charge in [0.25, 0.3) is 0 Å². The monoisotopic (exact) mass is 349 g/mol. The third-order valence-corrected chi connectivity index (χ3v) is 3.94. The molecule has 0 radical (unpaired) electrons. The molecule has 2 aromatic rings. The zero-order valence-corrected chi connectivity index (χ0v) is 14.5. The van der Waals surface area contributed by atoms with Crippen molar-refractivity contribution in [3.63, 3.8) is 0 Å². The Morgan fingerprint density at radius 1 is 1.04 bits per heavy atom. The van der Waals surface area contributed by atoms with Gasteiger partial charge in [0.2, 0.25) is 5.79 Å². The van der Waals surface area contributed by atoms with Gasteiger partial charge in [-0.2, -0.15) is 0 Å². The third-order valence-electron chi connectivity index (χ3n) is 3.69. The van der Waals surface area contributed by atoms with Gasteiger partial charge in [-0.3, -0.25) is 5.32 Å². The van der Waals surface area contributed by atoms with Crippen molar-refractivity contribution in [2.75, 3.05) is 19.5 Å². The number of benzene rings is 2. The molecule has 6 heteroatoms. The van der Waals surface area contributed by atoms with Crippen LogP contribution < -0.4 is 5.32 Å². The van der Waals surface area contributed by atoms with Gasteiger partial charge in [-0.1, -0.05) is 41.9 Å². The molecule has 2 rings (SSSR count). The minimum absolute atomic E-state index is 0.580. The summed E-state index contributed by atoms with van der Waals surface area (Å²) >= 11 is 5.82. The van der Waals surface area contributed by atoms with E-state index < -0.39 is 18.0 Å². The van der Waals surface area contributed by atoms with Gasteiger partial charge in [-0.25, -0.2) is 4.79 Å². The number of rotatable bonds is 6. The van der Waals surface area contributed by atoms with Gasteiger partial charge in [-0.15, -0.1) is 0 Å². The molecule has 0 heterocycles. The van der Waals surface area contributed by atoms with Crippen LogP contribution >= 0.6 is 11.6 Å². The van der Waals surface area contributed by atoms with Crippen molar-refractivity contribution in [3.05, 3.63) is 65.2 Å². The van der Waals surface area contributed by atoms with Crippen molar-refractivity contribution in [2.45, 2.75) is 18.8 Å². The predicted molar refractivity (Wildman–Crippen MR) is 93.2 cm³/mol. The first-order chi connectivity index (χ1) is 11.5. The molecule has 0 spiro atoms. The number of carbonyl (C=O) groups excluding carboxylic acids is 1. The molecule has 5 nitrogen and oxygen atoms in total. The molecular formula is C18H20ClNO4. The highest BCUT2D eigenvalue weighted by Gasteiger charge is 2.41. The maximum Gasteiger partial charge on any atom is 0.412 e. The Bertz CT molecular complexity index is 656. The summed E-state index contributed by atoms with van der Waals surface area (Å²) in [5.74, 6) is -1.20. The number of nitrogens with one attached hydrogen (secondary N) is 1. The molecular weight excluding hydrogens is 330 g/mol. The normalized spacial score (nSPS) is 12.5. The summed E-state index contributed by atoms with van der Waals surface area (Å²) in [6.07, 6.45) is -1.30. The molecule has 128 valence electrons. The summed E-state index contributed by atoms with van der Waals surface area (Å²) < 4.78 is 16.6. The highest BCUT2D eigenvalue weighted by Crippen LogP contribution is 2.32. The Morgan fingerprint density at radius 3 is 2.17 bits per heavy atom. The first kappa shape index (κ1) is 18.3. The summed E-state index contributed by atoms with van der Waals surface area (Å²) in [6.45, 7) is 1.71. The summed E-state index contributed by atoms with van der Waals surface area (Å²) in [4.78, 5) is 12.1. The Hall–Kier alpha value is -2.08. The van der Waals surface area contributed by atoms with Crippen molar-refractivity contribution >= 4 is 23.4 Å². The fourth-order valence-electron chi connectivity index (χ4n) is 2.47. The summed E-state index contributed by atoms with van der Waals surface area (Å²) in [7, 11) is 3.01. The van der Waals surface area contributed by atoms with E-state index in [9.17, 15) is 4.79 Å². The molecule has 1 N–H and O–H groups in total. The van der Waals surface area contributed by atoms with Crippen LogP contribution in [0.25, 0.3) is 0 Å². The van der Waals surface area contributed by atoms with Crippen LogP contribution in [0.2, 0.25) is 5.02 Å². The van der Waals surface area contributed by atoms with Crippen molar-refractivity contribution in [2.24, 2.45) is 0 Å². The number of carbonyl (C=O) groups is 1. The average Bonchev–Trinajstić information content (AvgIpc) is 2.59. The van der Waals surface area contributed by atoms with Crippen molar-refractivity contribution < 1.29 is 19.0 Å². The van der Waals surface area contributed by atoms with Gasteiger partial charge < -0.3 is 14.2 Å². The van der Waals surface area contributed by atoms with E-state index >= 15 is 0 Å². The number of hydrogen-bond donors (Lipinski definition) is 1. The summed E-state index contributed by atoms with van der Waals surface area (Å²) in [5, 5.41) is 3.23. The van der Waals surface area contributed by atoms with Crippen LogP contribution in [0.3, 0.4) is 0 Å². The van der Waals surface area contributed by atoms with E-state index in [1.54, 1.807) is 31.2 Å². The van der Waals surface area contributed by atoms with Crippen molar-refractivity contribution in [1.82, 2.24) is 0 Å². The van der Waals surface area contributed by atoms with E-state index in [0.717, 1.165) is 5.56 Å². The van der Waals surface area contributed by atoms with Gasteiger partial charge in [-0.05, 0) is 31.2 Å². The lowest BCUT2D eigenvalue weighted by atomic mass is 10.0. The minimum atomic E-state index is -1.20. The number of hydrogen-bond acceptors (Lipinski definition) is 4. The van der Waals surface area contributed by atoms with Crippen LogP contribution in [0, 0.1) is 0 Å². The smallest absolute Gasteiger partial charge is 0.412 e. The topological polar surface area (TPSA) is 56.8 Å². The lowest BCUT2D eigenvalue weighted by Crippen LogP contribution is -2.44. The minimum Gasteiger partial charge on any atom is -0.440 e. The van der Waals surface area contributed by atoms with Crippen LogP contribution in [0.5, 0.6) is 0 Å². The predicted octanol–water partition coefficient (Wildman–Crippen LogP) is 4.42. The zero-order chi connectivity index (χ0) is 17.6. The summed E-state index contributed by atoms with van der Waals surface area (Å²) in [5.41, 5.74) is 1.33. The molecule has 2 aromatic carbocycles. The molecule has 0 aliphatic heterocycles. The van der Waals surface area contributed by atoms with Gasteiger partial charge in [0, 0.05) is 30.5 Å². The number of methoxy groups -OCH3 is 2. The molecule has 1 amide bonds. The average molecular weight is 350 g/mol. The van der Waals surface area contributed by atoms with Crippen LogP contribution in [-0.2, 0) is 20.0 Å². The molecule has 1 atom stereocenters. The molecule has 1 unspecified atom stereocenters. The number of halogens is 1. The van der Waals surface area contributed by atoms with Crippen molar-refractivity contribution in [3.8, 4) is 0 Å². The lowest BCUT2D eigenvalue weighted by molar-refractivity contribution is -0.263. The second-order valence-corrected chi connectivity index (χ2v) is 5.56. The van der Waals surface area contributed by atoms with E-state index in [1.165, 1.54) is 14.2 Å². The number of anilines is 1. The maximum absolute atomic E-state index is 12.1. The van der Waals surface area contributed by atoms with E-state index in [4.69, 9.17) is 25.8 Å². The van der Waals surface area contributed by atoms with Crippen LogP contribution in [0.4, 0.5) is 10.5 Å². The van der Waals surface area contributed by atoms with E-state index in [1.807, 2.05) is 30.3 Å². The van der Waals surface area contributed by atoms with E-state index in [-0.39, 0.29) is 0 Å². The van der Waals surface area contributed by atoms with E-state index in [0.29, 0.717) is 10.7 Å². The maximum atomic E-state index is 12.1. The molecule has 0 saturated heterocycles. The standard InChI is InChI=1S/C18H20ClNO4/c1-13(18(22-2,23-3)14-7-5-4-6-8-14)24-17(21)20-16-11-9-15(19)10-12-16/h4-13H,1-3H3,(H,20,21).